The summed E-state index contributed by atoms with van der Waals surface area (Å²) in [5.41, 5.74) is 8.07. The van der Waals surface area contributed by atoms with Gasteiger partial charge in [0.05, 0.1) is 16.4 Å². The predicted octanol–water partition coefficient (Wildman–Crippen LogP) is 3.54. The van der Waals surface area contributed by atoms with Crippen molar-refractivity contribution in [1.29, 1.82) is 0 Å². The van der Waals surface area contributed by atoms with Crippen molar-refractivity contribution < 1.29 is 23.8 Å². The van der Waals surface area contributed by atoms with E-state index in [9.17, 15) is 14.0 Å². The minimum absolute atomic E-state index is 0.303. The number of carboxylic acid groups (broad SMARTS) is 1. The zero-order chi connectivity index (χ0) is 20.5. The minimum atomic E-state index is -1.11. The number of rotatable bonds is 6. The second-order valence-corrected chi connectivity index (χ2v) is 6.61. The van der Waals surface area contributed by atoms with Crippen LogP contribution in [0.25, 0.3) is 21.8 Å². The molecule has 0 aliphatic carbocycles. The Morgan fingerprint density at radius 3 is 2.38 bits per heavy atom. The average molecular weight is 392 g/mol. The quantitative estimate of drug-likeness (QED) is 0.525. The highest BCUT2D eigenvalue weighted by molar-refractivity contribution is 6.19. The maximum Gasteiger partial charge on any atom is 0.341 e. The molecule has 0 aliphatic heterocycles. The molecule has 1 amide bonds. The summed E-state index contributed by atoms with van der Waals surface area (Å²) in [6, 6.07) is 16.7. The van der Waals surface area contributed by atoms with E-state index in [1.54, 1.807) is 30.3 Å². The van der Waals surface area contributed by atoms with Crippen LogP contribution in [-0.2, 0) is 11.3 Å². The molecule has 0 spiro atoms. The Labute approximate surface area is 164 Å². The molecule has 1 heterocycles. The molecule has 0 saturated carbocycles. The topological polar surface area (TPSA) is 94.6 Å². The molecule has 0 radical (unpaired) electrons. The van der Waals surface area contributed by atoms with E-state index in [-0.39, 0.29) is 5.82 Å². The summed E-state index contributed by atoms with van der Waals surface area (Å²) in [5.74, 6) is -1.72. The van der Waals surface area contributed by atoms with E-state index in [0.29, 0.717) is 34.1 Å². The minimum Gasteiger partial charge on any atom is -0.481 e. The number of primary amides is 1. The Hall–Kier alpha value is -3.87. The standard InChI is InChI=1S/C22H17FN2O4/c23-14-5-1-4-13(10-14)11-25-16-7-2-6-15(22(24)28)20(16)21-17(25)8-3-9-18(21)29-12-19(26)27/h1-10H,11-12H2,(H2,24,28)(H,26,27). The second-order valence-electron chi connectivity index (χ2n) is 6.61. The van der Waals surface area contributed by atoms with Crippen molar-refractivity contribution in [1.82, 2.24) is 4.57 Å². The first-order chi connectivity index (χ1) is 14.0. The van der Waals surface area contributed by atoms with Crippen LogP contribution < -0.4 is 10.5 Å². The molecule has 4 aromatic rings. The zero-order valence-corrected chi connectivity index (χ0v) is 15.3. The number of nitrogens with zero attached hydrogens (tertiary/aromatic N) is 1. The van der Waals surface area contributed by atoms with Gasteiger partial charge in [-0.25, -0.2) is 9.18 Å². The maximum absolute atomic E-state index is 13.7. The molecule has 4 rings (SSSR count). The van der Waals surface area contributed by atoms with Gasteiger partial charge in [0.25, 0.3) is 0 Å². The average Bonchev–Trinajstić information content (AvgIpc) is 3.01. The summed E-state index contributed by atoms with van der Waals surface area (Å²) in [6.45, 7) is -0.170. The fourth-order valence-electron chi connectivity index (χ4n) is 3.61. The number of benzene rings is 3. The lowest BCUT2D eigenvalue weighted by Gasteiger charge is -2.09. The van der Waals surface area contributed by atoms with Crippen LogP contribution in [0.3, 0.4) is 0 Å². The number of aliphatic carboxylic acids is 1. The largest absolute Gasteiger partial charge is 0.481 e. The summed E-state index contributed by atoms with van der Waals surface area (Å²) in [4.78, 5) is 23.1. The Morgan fingerprint density at radius 1 is 1.00 bits per heavy atom. The lowest BCUT2D eigenvalue weighted by atomic mass is 10.1. The number of carbonyl (C=O) groups excluding carboxylic acids is 1. The number of fused-ring (bicyclic) bond motifs is 3. The molecule has 3 N–H and O–H groups in total. The summed E-state index contributed by atoms with van der Waals surface area (Å²) in [7, 11) is 0. The fraction of sp³-hybridized carbons (Fsp3) is 0.0909. The van der Waals surface area contributed by atoms with Crippen LogP contribution in [0.2, 0.25) is 0 Å². The van der Waals surface area contributed by atoms with Gasteiger partial charge in [0.1, 0.15) is 11.6 Å². The third kappa shape index (κ3) is 3.38. The summed E-state index contributed by atoms with van der Waals surface area (Å²) < 4.78 is 21.1. The maximum atomic E-state index is 13.7. The monoisotopic (exact) mass is 392 g/mol. The molecule has 0 saturated heterocycles. The molecule has 7 heteroatoms. The van der Waals surface area contributed by atoms with Crippen molar-refractivity contribution in [2.75, 3.05) is 6.61 Å². The van der Waals surface area contributed by atoms with E-state index in [2.05, 4.69) is 0 Å². The molecular formula is C22H17FN2O4. The molecule has 146 valence electrons. The number of amides is 1. The summed E-state index contributed by atoms with van der Waals surface area (Å²) >= 11 is 0. The van der Waals surface area contributed by atoms with Crippen LogP contribution in [0.4, 0.5) is 4.39 Å². The van der Waals surface area contributed by atoms with Gasteiger partial charge >= 0.3 is 5.97 Å². The Morgan fingerprint density at radius 2 is 1.69 bits per heavy atom. The Kier molecular flexibility index (Phi) is 4.64. The van der Waals surface area contributed by atoms with Gasteiger partial charge in [0.2, 0.25) is 5.91 Å². The van der Waals surface area contributed by atoms with E-state index < -0.39 is 18.5 Å². The molecule has 6 nitrogen and oxygen atoms in total. The van der Waals surface area contributed by atoms with Crippen LogP contribution in [0, 0.1) is 5.82 Å². The number of ether oxygens (including phenoxy) is 1. The van der Waals surface area contributed by atoms with Gasteiger partial charge in [-0.1, -0.05) is 24.3 Å². The third-order valence-electron chi connectivity index (χ3n) is 4.72. The molecule has 29 heavy (non-hydrogen) atoms. The third-order valence-corrected chi connectivity index (χ3v) is 4.72. The van der Waals surface area contributed by atoms with Crippen molar-refractivity contribution in [2.45, 2.75) is 6.54 Å². The number of aromatic nitrogens is 1. The van der Waals surface area contributed by atoms with Gasteiger partial charge in [0.15, 0.2) is 6.61 Å². The van der Waals surface area contributed by atoms with Crippen LogP contribution in [0.1, 0.15) is 15.9 Å². The van der Waals surface area contributed by atoms with Gasteiger partial charge in [-0.3, -0.25) is 4.79 Å². The molecular weight excluding hydrogens is 375 g/mol. The Bertz CT molecular complexity index is 1260. The van der Waals surface area contributed by atoms with Gasteiger partial charge in [-0.15, -0.1) is 0 Å². The van der Waals surface area contributed by atoms with Crippen LogP contribution >= 0.6 is 0 Å². The lowest BCUT2D eigenvalue weighted by molar-refractivity contribution is -0.139. The molecule has 0 bridgehead atoms. The summed E-state index contributed by atoms with van der Waals surface area (Å²) in [5, 5.41) is 10.2. The van der Waals surface area contributed by atoms with Crippen molar-refractivity contribution in [3.8, 4) is 5.75 Å². The fourth-order valence-corrected chi connectivity index (χ4v) is 3.61. The first-order valence-corrected chi connectivity index (χ1v) is 8.88. The van der Waals surface area contributed by atoms with E-state index in [0.717, 1.165) is 11.1 Å². The van der Waals surface area contributed by atoms with E-state index in [1.807, 2.05) is 22.8 Å². The molecule has 0 aliphatic rings. The van der Waals surface area contributed by atoms with Crippen molar-refractivity contribution in [2.24, 2.45) is 5.73 Å². The number of carboxylic acids is 1. The van der Waals surface area contributed by atoms with Crippen molar-refractivity contribution in [3.63, 3.8) is 0 Å². The SMILES string of the molecule is NC(=O)c1cccc2c1c1c(OCC(=O)O)cccc1n2Cc1cccc(F)c1. The number of nitrogens with two attached hydrogens (primary N) is 1. The Balaban J connectivity index is 2.02. The highest BCUT2D eigenvalue weighted by Gasteiger charge is 2.20. The van der Waals surface area contributed by atoms with Crippen LogP contribution in [0.5, 0.6) is 5.75 Å². The molecule has 1 aromatic heterocycles. The molecule has 0 atom stereocenters. The highest BCUT2D eigenvalue weighted by atomic mass is 19.1. The van der Waals surface area contributed by atoms with Gasteiger partial charge in [0, 0.05) is 17.5 Å². The van der Waals surface area contributed by atoms with Gasteiger partial charge < -0.3 is 20.1 Å². The van der Waals surface area contributed by atoms with E-state index in [4.69, 9.17) is 15.6 Å². The van der Waals surface area contributed by atoms with E-state index >= 15 is 0 Å². The zero-order valence-electron chi connectivity index (χ0n) is 15.3. The number of hydrogen-bond acceptors (Lipinski definition) is 3. The van der Waals surface area contributed by atoms with E-state index in [1.165, 1.54) is 12.1 Å². The normalized spacial score (nSPS) is 11.1. The summed E-state index contributed by atoms with van der Waals surface area (Å²) in [6.07, 6.45) is 0. The van der Waals surface area contributed by atoms with Gasteiger partial charge in [-0.05, 0) is 42.0 Å². The number of carbonyl (C=O) groups is 2. The molecule has 0 unspecified atom stereocenters. The van der Waals surface area contributed by atoms with Crippen molar-refractivity contribution in [3.05, 3.63) is 77.6 Å². The smallest absolute Gasteiger partial charge is 0.341 e. The molecule has 3 aromatic carbocycles. The number of hydrogen-bond donors (Lipinski definition) is 2. The first kappa shape index (κ1) is 18.5. The first-order valence-electron chi connectivity index (χ1n) is 8.88. The molecule has 0 fully saturated rings. The second kappa shape index (κ2) is 7.27. The van der Waals surface area contributed by atoms with Crippen LogP contribution in [-0.4, -0.2) is 28.2 Å². The highest BCUT2D eigenvalue weighted by Crippen LogP contribution is 2.38. The van der Waals surface area contributed by atoms with Crippen molar-refractivity contribution >= 4 is 33.7 Å². The predicted molar refractivity (Wildman–Crippen MR) is 107 cm³/mol. The van der Waals surface area contributed by atoms with Gasteiger partial charge in [-0.2, -0.15) is 0 Å². The van der Waals surface area contributed by atoms with Crippen LogP contribution in [0.15, 0.2) is 60.7 Å². The lowest BCUT2D eigenvalue weighted by Crippen LogP contribution is -2.11. The number of halogens is 1.